The first-order valence-corrected chi connectivity index (χ1v) is 5.58. The van der Waals surface area contributed by atoms with Crippen molar-refractivity contribution in [3.63, 3.8) is 0 Å². The van der Waals surface area contributed by atoms with Crippen molar-refractivity contribution in [2.75, 3.05) is 24.7 Å². The molecule has 1 aromatic heterocycles. The van der Waals surface area contributed by atoms with E-state index in [1.54, 1.807) is 0 Å². The van der Waals surface area contributed by atoms with Crippen molar-refractivity contribution >= 4 is 23.4 Å². The summed E-state index contributed by atoms with van der Waals surface area (Å²) in [6, 6.07) is 1.56. The number of aromatic nitrogens is 2. The molecule has 2 heterocycles. The summed E-state index contributed by atoms with van der Waals surface area (Å²) >= 11 is 5.72. The fourth-order valence-electron chi connectivity index (χ4n) is 1.73. The van der Waals surface area contributed by atoms with Crippen LogP contribution in [0.2, 0.25) is 5.28 Å². The van der Waals surface area contributed by atoms with Crippen LogP contribution in [0.4, 0.5) is 5.82 Å². The number of hydrogen-bond acceptors (Lipinski definition) is 5. The molecule has 1 aliphatic rings. The van der Waals surface area contributed by atoms with Gasteiger partial charge < -0.3 is 14.7 Å². The van der Waals surface area contributed by atoms with Gasteiger partial charge in [-0.3, -0.25) is 0 Å². The molecule has 0 unspecified atom stereocenters. The van der Waals surface area contributed by atoms with Gasteiger partial charge in [0.05, 0.1) is 19.3 Å². The van der Waals surface area contributed by atoms with E-state index in [-0.39, 0.29) is 17.0 Å². The summed E-state index contributed by atoms with van der Waals surface area (Å²) in [6.45, 7) is 3.82. The van der Waals surface area contributed by atoms with E-state index < -0.39 is 5.97 Å². The maximum Gasteiger partial charge on any atom is 0.354 e. The molecule has 1 fully saturated rings. The Hall–Kier alpha value is -1.40. The van der Waals surface area contributed by atoms with Gasteiger partial charge in [0.15, 0.2) is 5.69 Å². The zero-order valence-electron chi connectivity index (χ0n) is 9.26. The van der Waals surface area contributed by atoms with Gasteiger partial charge in [0, 0.05) is 12.6 Å². The van der Waals surface area contributed by atoms with Crippen LogP contribution in [0, 0.1) is 0 Å². The number of nitrogens with zero attached hydrogens (tertiary/aromatic N) is 3. The van der Waals surface area contributed by atoms with Crippen LogP contribution in [0.5, 0.6) is 0 Å². The van der Waals surface area contributed by atoms with Crippen LogP contribution in [-0.2, 0) is 4.74 Å². The third-order valence-electron chi connectivity index (χ3n) is 2.57. The minimum absolute atomic E-state index is 0.0569. The van der Waals surface area contributed by atoms with Crippen LogP contribution in [0.25, 0.3) is 0 Å². The Labute approximate surface area is 103 Å². The van der Waals surface area contributed by atoms with Crippen LogP contribution in [0.1, 0.15) is 17.4 Å². The smallest absolute Gasteiger partial charge is 0.354 e. The van der Waals surface area contributed by atoms with E-state index in [9.17, 15) is 4.79 Å². The number of rotatable bonds is 2. The summed E-state index contributed by atoms with van der Waals surface area (Å²) in [6.07, 6.45) is 0. The summed E-state index contributed by atoms with van der Waals surface area (Å²) in [5, 5.41) is 8.85. The van der Waals surface area contributed by atoms with Crippen molar-refractivity contribution in [1.82, 2.24) is 9.97 Å². The molecule has 1 saturated heterocycles. The molecule has 0 aliphatic carbocycles. The molecule has 0 amide bonds. The molecule has 1 atom stereocenters. The van der Waals surface area contributed by atoms with Gasteiger partial charge in [-0.05, 0) is 18.5 Å². The Balaban J connectivity index is 2.33. The van der Waals surface area contributed by atoms with Crippen molar-refractivity contribution in [2.45, 2.75) is 13.0 Å². The lowest BCUT2D eigenvalue weighted by atomic mass is 10.2. The van der Waals surface area contributed by atoms with Crippen molar-refractivity contribution in [2.24, 2.45) is 0 Å². The summed E-state index contributed by atoms with van der Waals surface area (Å²) in [5.74, 6) is -0.588. The highest BCUT2D eigenvalue weighted by atomic mass is 35.5. The lowest BCUT2D eigenvalue weighted by Crippen LogP contribution is -2.44. The van der Waals surface area contributed by atoms with Gasteiger partial charge >= 0.3 is 5.97 Å². The number of carboxylic acids is 1. The summed E-state index contributed by atoms with van der Waals surface area (Å²) < 4.78 is 5.31. The molecular weight excluding hydrogens is 246 g/mol. The number of aromatic carboxylic acids is 1. The minimum atomic E-state index is -1.11. The van der Waals surface area contributed by atoms with E-state index in [1.165, 1.54) is 6.07 Å². The van der Waals surface area contributed by atoms with E-state index in [0.29, 0.717) is 25.6 Å². The normalized spacial score (nSPS) is 20.4. The fourth-order valence-corrected chi connectivity index (χ4v) is 1.91. The predicted octanol–water partition coefficient (Wildman–Crippen LogP) is 1.05. The lowest BCUT2D eigenvalue weighted by molar-refractivity contribution is 0.0690. The molecule has 7 heteroatoms. The number of hydrogen-bond donors (Lipinski definition) is 1. The maximum atomic E-state index is 10.9. The average molecular weight is 258 g/mol. The number of morpholine rings is 1. The molecule has 0 bridgehead atoms. The molecule has 0 radical (unpaired) electrons. The van der Waals surface area contributed by atoms with Crippen LogP contribution in [0.15, 0.2) is 6.07 Å². The van der Waals surface area contributed by atoms with Crippen molar-refractivity contribution in [1.29, 1.82) is 0 Å². The molecule has 2 rings (SSSR count). The van der Waals surface area contributed by atoms with Crippen molar-refractivity contribution in [3.8, 4) is 0 Å². The Morgan fingerprint density at radius 1 is 1.65 bits per heavy atom. The number of carbonyl (C=O) groups is 1. The fraction of sp³-hybridized carbons (Fsp3) is 0.500. The topological polar surface area (TPSA) is 75.5 Å². The first-order chi connectivity index (χ1) is 8.08. The van der Waals surface area contributed by atoms with Gasteiger partial charge in [0.2, 0.25) is 5.28 Å². The lowest BCUT2D eigenvalue weighted by Gasteiger charge is -2.34. The Morgan fingerprint density at radius 2 is 2.41 bits per heavy atom. The van der Waals surface area contributed by atoms with Crippen LogP contribution in [-0.4, -0.2) is 46.8 Å². The zero-order valence-corrected chi connectivity index (χ0v) is 10.0. The summed E-state index contributed by atoms with van der Waals surface area (Å²) in [7, 11) is 0. The third-order valence-corrected chi connectivity index (χ3v) is 2.74. The van der Waals surface area contributed by atoms with Crippen LogP contribution >= 0.6 is 11.6 Å². The SMILES string of the molecule is C[C@@H]1COCCN1c1cc(C(=O)O)nc(Cl)n1. The molecule has 1 aliphatic heterocycles. The maximum absolute atomic E-state index is 10.9. The van der Waals surface area contributed by atoms with Gasteiger partial charge in [-0.25, -0.2) is 14.8 Å². The summed E-state index contributed by atoms with van der Waals surface area (Å²) in [5.41, 5.74) is -0.0984. The van der Waals surface area contributed by atoms with Crippen LogP contribution in [0.3, 0.4) is 0 Å². The predicted molar refractivity (Wildman–Crippen MR) is 61.6 cm³/mol. The van der Waals surface area contributed by atoms with E-state index in [2.05, 4.69) is 9.97 Å². The van der Waals surface area contributed by atoms with Gasteiger partial charge in [-0.15, -0.1) is 0 Å². The van der Waals surface area contributed by atoms with Gasteiger partial charge in [-0.2, -0.15) is 0 Å². The monoisotopic (exact) mass is 257 g/mol. The molecule has 0 aromatic carbocycles. The number of ether oxygens (including phenoxy) is 1. The molecule has 17 heavy (non-hydrogen) atoms. The molecule has 92 valence electrons. The highest BCUT2D eigenvalue weighted by molar-refractivity contribution is 6.28. The molecular formula is C10H12ClN3O3. The first-order valence-electron chi connectivity index (χ1n) is 5.20. The highest BCUT2D eigenvalue weighted by Gasteiger charge is 2.22. The van der Waals surface area contributed by atoms with Gasteiger partial charge in [0.25, 0.3) is 0 Å². The molecule has 6 nitrogen and oxygen atoms in total. The Kier molecular flexibility index (Phi) is 3.44. The molecule has 1 aromatic rings. The molecule has 0 saturated carbocycles. The van der Waals surface area contributed by atoms with Gasteiger partial charge in [-0.1, -0.05) is 0 Å². The number of halogens is 1. The number of anilines is 1. The van der Waals surface area contributed by atoms with Crippen molar-refractivity contribution in [3.05, 3.63) is 17.0 Å². The van der Waals surface area contributed by atoms with E-state index in [0.717, 1.165) is 0 Å². The Bertz CT molecular complexity index is 441. The second kappa shape index (κ2) is 4.85. The second-order valence-electron chi connectivity index (χ2n) is 3.80. The largest absolute Gasteiger partial charge is 0.477 e. The van der Waals surface area contributed by atoms with Crippen LogP contribution < -0.4 is 4.90 Å². The Morgan fingerprint density at radius 3 is 3.06 bits per heavy atom. The van der Waals surface area contributed by atoms with Crippen molar-refractivity contribution < 1.29 is 14.6 Å². The molecule has 0 spiro atoms. The highest BCUT2D eigenvalue weighted by Crippen LogP contribution is 2.19. The second-order valence-corrected chi connectivity index (χ2v) is 4.14. The third kappa shape index (κ3) is 2.65. The zero-order chi connectivity index (χ0) is 12.4. The quantitative estimate of drug-likeness (QED) is 0.799. The number of carboxylic acid groups (broad SMARTS) is 1. The average Bonchev–Trinajstić information content (AvgIpc) is 2.28. The van der Waals surface area contributed by atoms with Gasteiger partial charge in [0.1, 0.15) is 5.82 Å². The summed E-state index contributed by atoms with van der Waals surface area (Å²) in [4.78, 5) is 20.5. The van der Waals surface area contributed by atoms with E-state index in [4.69, 9.17) is 21.4 Å². The first kappa shape index (κ1) is 12.1. The van der Waals surface area contributed by atoms with E-state index >= 15 is 0 Å². The standard InChI is InChI=1S/C10H12ClN3O3/c1-6-5-17-3-2-14(6)8-4-7(9(15)16)12-10(11)13-8/h4,6H,2-3,5H2,1H3,(H,15,16)/t6-/m1/s1. The minimum Gasteiger partial charge on any atom is -0.477 e. The van der Waals surface area contributed by atoms with E-state index in [1.807, 2.05) is 11.8 Å². The molecule has 1 N–H and O–H groups in total.